The van der Waals surface area contributed by atoms with Gasteiger partial charge in [0.1, 0.15) is 29.4 Å². The molecule has 0 saturated carbocycles. The fourth-order valence-corrected chi connectivity index (χ4v) is 4.21. The molecule has 0 spiro atoms. The van der Waals surface area contributed by atoms with Crippen molar-refractivity contribution in [2.45, 2.75) is 39.7 Å². The molecule has 4 N–H and O–H groups in total. The van der Waals surface area contributed by atoms with E-state index in [1.807, 2.05) is 39.8 Å². The molecule has 0 saturated heterocycles. The molecular formula is C26H33ClN6O3. The highest BCUT2D eigenvalue weighted by molar-refractivity contribution is 6.32. The average Bonchev–Trinajstić information content (AvgIpc) is 2.85. The second-order valence-corrected chi connectivity index (χ2v) is 9.22. The van der Waals surface area contributed by atoms with Gasteiger partial charge in [0.25, 0.3) is 5.91 Å². The number of aliphatic hydroxyl groups excluding tert-OH is 1. The minimum atomic E-state index is -0.287. The number of carbonyl (C=O) groups is 1. The number of nitrogens with zero attached hydrogens (tertiary/aromatic N) is 4. The number of rotatable bonds is 9. The van der Waals surface area contributed by atoms with E-state index in [1.165, 1.54) is 11.2 Å². The van der Waals surface area contributed by atoms with E-state index >= 15 is 0 Å². The highest BCUT2D eigenvalue weighted by atomic mass is 35.5. The lowest BCUT2D eigenvalue weighted by molar-refractivity contribution is 0.0822. The Hall–Kier alpha value is -3.43. The number of hydrogen-bond acceptors (Lipinski definition) is 8. The van der Waals surface area contributed by atoms with E-state index in [1.54, 1.807) is 26.4 Å². The maximum absolute atomic E-state index is 12.3. The monoisotopic (exact) mass is 512 g/mol. The van der Waals surface area contributed by atoms with Crippen LogP contribution in [-0.4, -0.2) is 58.2 Å². The van der Waals surface area contributed by atoms with Crippen molar-refractivity contribution >= 4 is 29.1 Å². The van der Waals surface area contributed by atoms with Crippen LogP contribution in [0.5, 0.6) is 5.75 Å². The maximum Gasteiger partial charge on any atom is 0.271 e. The van der Waals surface area contributed by atoms with E-state index in [-0.39, 0.29) is 24.5 Å². The van der Waals surface area contributed by atoms with E-state index < -0.39 is 0 Å². The minimum Gasteiger partial charge on any atom is -0.493 e. The Morgan fingerprint density at radius 1 is 1.25 bits per heavy atom. The van der Waals surface area contributed by atoms with E-state index in [4.69, 9.17) is 22.1 Å². The average molecular weight is 513 g/mol. The molecule has 0 aliphatic heterocycles. The first-order chi connectivity index (χ1) is 17.1. The number of aliphatic hydroxyl groups is 1. The summed E-state index contributed by atoms with van der Waals surface area (Å²) in [6.45, 7) is 8.01. The van der Waals surface area contributed by atoms with Crippen molar-refractivity contribution in [1.29, 1.82) is 0 Å². The summed E-state index contributed by atoms with van der Waals surface area (Å²) in [4.78, 5) is 26.6. The number of anilines is 2. The van der Waals surface area contributed by atoms with Crippen LogP contribution in [0, 0.1) is 6.92 Å². The molecule has 36 heavy (non-hydrogen) atoms. The Labute approximate surface area is 216 Å². The van der Waals surface area contributed by atoms with E-state index in [2.05, 4.69) is 20.3 Å². The Balaban J connectivity index is 2.10. The molecule has 0 aliphatic carbocycles. The molecule has 0 aliphatic rings. The standard InChI is InChI=1S/C26H33ClN6O3/c1-7-36-23-18(16(4)32-25-21(14(2)12-34)24(28)30-13-31-25)10-19(27)15(3)22(23)17-8-9-20(29-11-17)26(35)33(5)6/h8-11,13-14,16,34H,7,12H2,1-6H3,(H3,28,30,31,32). The molecule has 0 fully saturated rings. The molecule has 3 aromatic rings. The van der Waals surface area contributed by atoms with Crippen LogP contribution in [0.15, 0.2) is 30.7 Å². The van der Waals surface area contributed by atoms with Crippen LogP contribution in [0.1, 0.15) is 59.9 Å². The van der Waals surface area contributed by atoms with E-state index in [0.717, 1.165) is 22.3 Å². The largest absolute Gasteiger partial charge is 0.493 e. The summed E-state index contributed by atoms with van der Waals surface area (Å²) in [5.74, 6) is 1.08. The molecule has 192 valence electrons. The van der Waals surface area contributed by atoms with Gasteiger partial charge < -0.3 is 25.8 Å². The first kappa shape index (κ1) is 27.2. The minimum absolute atomic E-state index is 0.0926. The number of nitrogens with two attached hydrogens (primary N) is 1. The van der Waals surface area contributed by atoms with Gasteiger partial charge in [-0.05, 0) is 38.5 Å². The molecule has 1 aromatic carbocycles. The number of amides is 1. The maximum atomic E-state index is 12.3. The lowest BCUT2D eigenvalue weighted by atomic mass is 9.94. The summed E-state index contributed by atoms with van der Waals surface area (Å²) < 4.78 is 6.16. The van der Waals surface area contributed by atoms with Gasteiger partial charge in [-0.1, -0.05) is 24.6 Å². The number of aromatic nitrogens is 3. The topological polar surface area (TPSA) is 126 Å². The summed E-state index contributed by atoms with van der Waals surface area (Å²) in [6.07, 6.45) is 3.04. The highest BCUT2D eigenvalue weighted by Gasteiger charge is 2.24. The lowest BCUT2D eigenvalue weighted by Crippen LogP contribution is -2.22. The number of halogens is 1. The lowest BCUT2D eigenvalue weighted by Gasteiger charge is -2.25. The molecule has 1 amide bonds. The number of hydrogen-bond donors (Lipinski definition) is 3. The van der Waals surface area contributed by atoms with Crippen molar-refractivity contribution in [1.82, 2.24) is 19.9 Å². The number of carbonyl (C=O) groups excluding carboxylic acids is 1. The third-order valence-corrected chi connectivity index (χ3v) is 6.36. The molecule has 9 nitrogen and oxygen atoms in total. The van der Waals surface area contributed by atoms with Crippen LogP contribution in [0.3, 0.4) is 0 Å². The van der Waals surface area contributed by atoms with Crippen molar-refractivity contribution in [2.24, 2.45) is 0 Å². The molecule has 0 bridgehead atoms. The predicted molar refractivity (Wildman–Crippen MR) is 143 cm³/mol. The number of ether oxygens (including phenoxy) is 1. The normalized spacial score (nSPS) is 12.7. The smallest absolute Gasteiger partial charge is 0.271 e. The Morgan fingerprint density at radius 2 is 1.97 bits per heavy atom. The first-order valence-electron chi connectivity index (χ1n) is 11.7. The summed E-state index contributed by atoms with van der Waals surface area (Å²) in [7, 11) is 3.37. The van der Waals surface area contributed by atoms with Crippen molar-refractivity contribution < 1.29 is 14.6 Å². The Kier molecular flexibility index (Phi) is 8.70. The third kappa shape index (κ3) is 5.52. The zero-order valence-corrected chi connectivity index (χ0v) is 22.2. The van der Waals surface area contributed by atoms with Gasteiger partial charge >= 0.3 is 0 Å². The summed E-state index contributed by atoms with van der Waals surface area (Å²) in [6, 6.07) is 5.13. The molecule has 2 aromatic heterocycles. The highest BCUT2D eigenvalue weighted by Crippen LogP contribution is 2.43. The van der Waals surface area contributed by atoms with Crippen molar-refractivity contribution in [3.05, 3.63) is 58.1 Å². The van der Waals surface area contributed by atoms with Crippen LogP contribution < -0.4 is 15.8 Å². The third-order valence-electron chi connectivity index (χ3n) is 5.97. The van der Waals surface area contributed by atoms with Crippen LogP contribution in [0.25, 0.3) is 11.1 Å². The molecule has 10 heteroatoms. The fraction of sp³-hybridized carbons (Fsp3) is 0.385. The summed E-state index contributed by atoms with van der Waals surface area (Å²) >= 11 is 6.70. The van der Waals surface area contributed by atoms with Crippen LogP contribution in [-0.2, 0) is 0 Å². The van der Waals surface area contributed by atoms with Crippen LogP contribution in [0.4, 0.5) is 11.6 Å². The van der Waals surface area contributed by atoms with Gasteiger partial charge in [-0.2, -0.15) is 0 Å². The quantitative estimate of drug-likeness (QED) is 0.383. The zero-order chi connectivity index (χ0) is 26.6. The number of pyridine rings is 1. The SMILES string of the molecule is CCOc1c(C(C)Nc2ncnc(N)c2C(C)CO)cc(Cl)c(C)c1-c1ccc(C(=O)N(C)C)nc1. The van der Waals surface area contributed by atoms with Crippen molar-refractivity contribution in [3.8, 4) is 16.9 Å². The van der Waals surface area contributed by atoms with Crippen molar-refractivity contribution in [3.63, 3.8) is 0 Å². The van der Waals surface area contributed by atoms with Crippen LogP contribution in [0.2, 0.25) is 5.02 Å². The van der Waals surface area contributed by atoms with E-state index in [9.17, 15) is 9.90 Å². The number of nitrogen functional groups attached to an aromatic ring is 1. The molecule has 2 atom stereocenters. The predicted octanol–water partition coefficient (Wildman–Crippen LogP) is 4.45. The van der Waals surface area contributed by atoms with Gasteiger partial charge in [0.2, 0.25) is 0 Å². The van der Waals surface area contributed by atoms with Crippen molar-refractivity contribution in [2.75, 3.05) is 38.4 Å². The van der Waals surface area contributed by atoms with Gasteiger partial charge in [0, 0.05) is 60.1 Å². The molecule has 0 radical (unpaired) electrons. The number of nitrogens with one attached hydrogen (secondary N) is 1. The molecule has 3 rings (SSSR count). The van der Waals surface area contributed by atoms with Crippen LogP contribution >= 0.6 is 11.6 Å². The number of benzene rings is 1. The van der Waals surface area contributed by atoms with Gasteiger partial charge in [-0.3, -0.25) is 9.78 Å². The Bertz CT molecular complexity index is 1230. The van der Waals surface area contributed by atoms with Gasteiger partial charge in [0.05, 0.1) is 12.6 Å². The van der Waals surface area contributed by atoms with E-state index in [0.29, 0.717) is 40.3 Å². The molecule has 2 unspecified atom stereocenters. The molecular weight excluding hydrogens is 480 g/mol. The Morgan fingerprint density at radius 3 is 2.56 bits per heavy atom. The van der Waals surface area contributed by atoms with Gasteiger partial charge in [-0.25, -0.2) is 9.97 Å². The first-order valence-corrected chi connectivity index (χ1v) is 12.1. The summed E-state index contributed by atoms with van der Waals surface area (Å²) in [5.41, 5.74) is 10.3. The zero-order valence-electron chi connectivity index (χ0n) is 21.5. The second-order valence-electron chi connectivity index (χ2n) is 8.81. The fourth-order valence-electron chi connectivity index (χ4n) is 3.99. The molecule has 2 heterocycles. The summed E-state index contributed by atoms with van der Waals surface area (Å²) in [5, 5.41) is 13.7. The second kappa shape index (κ2) is 11.5. The van der Waals surface area contributed by atoms with Gasteiger partial charge in [-0.15, -0.1) is 0 Å². The van der Waals surface area contributed by atoms with Gasteiger partial charge in [0.15, 0.2) is 0 Å².